The van der Waals surface area contributed by atoms with Gasteiger partial charge in [0.05, 0.1) is 10.9 Å². The zero-order valence-corrected chi connectivity index (χ0v) is 8.53. The highest BCUT2D eigenvalue weighted by Gasteiger charge is 2.30. The first-order valence-corrected chi connectivity index (χ1v) is 4.71. The number of hydrogen-bond donors (Lipinski definition) is 1. The van der Waals surface area contributed by atoms with E-state index >= 15 is 0 Å². The van der Waals surface area contributed by atoms with Crippen LogP contribution in [-0.2, 0) is 6.42 Å². The van der Waals surface area contributed by atoms with Crippen LogP contribution in [0.3, 0.4) is 0 Å². The summed E-state index contributed by atoms with van der Waals surface area (Å²) in [6.07, 6.45) is -5.79. The second-order valence-corrected chi connectivity index (χ2v) is 3.51. The van der Waals surface area contributed by atoms with Gasteiger partial charge in [0.1, 0.15) is 12.2 Å². The second-order valence-electron chi connectivity index (χ2n) is 3.51. The van der Waals surface area contributed by atoms with Gasteiger partial charge >= 0.3 is 6.18 Å². The van der Waals surface area contributed by atoms with Crippen LogP contribution in [0.25, 0.3) is 10.9 Å². The lowest BCUT2D eigenvalue weighted by Gasteiger charge is -2.10. The number of fused-ring (bicyclic) bond motifs is 1. The molecule has 0 unspecified atom stereocenters. The molecular weight excluding hydrogens is 235 g/mol. The van der Waals surface area contributed by atoms with E-state index in [1.54, 1.807) is 12.1 Å². The first-order chi connectivity index (χ1) is 7.88. The standard InChI is InChI=1S/C10H8F3N3O/c11-10(12,13)5-8-15-7-4-2-1-3-6(7)9(17)16(8)14/h1-4H,5,14H2. The first-order valence-electron chi connectivity index (χ1n) is 4.71. The minimum atomic E-state index is -4.46. The third-order valence-electron chi connectivity index (χ3n) is 2.24. The highest BCUT2D eigenvalue weighted by atomic mass is 19.4. The fourth-order valence-electron chi connectivity index (χ4n) is 1.50. The maximum Gasteiger partial charge on any atom is 0.396 e. The van der Waals surface area contributed by atoms with Crippen LogP contribution >= 0.6 is 0 Å². The van der Waals surface area contributed by atoms with Crippen LogP contribution in [0.4, 0.5) is 13.2 Å². The number of alkyl halides is 3. The van der Waals surface area contributed by atoms with E-state index in [4.69, 9.17) is 5.84 Å². The van der Waals surface area contributed by atoms with E-state index in [-0.39, 0.29) is 10.9 Å². The van der Waals surface area contributed by atoms with Gasteiger partial charge in [-0.25, -0.2) is 9.66 Å². The normalized spacial score (nSPS) is 11.9. The summed E-state index contributed by atoms with van der Waals surface area (Å²) in [5.41, 5.74) is -0.478. The van der Waals surface area contributed by atoms with Crippen LogP contribution in [0.5, 0.6) is 0 Å². The smallest absolute Gasteiger partial charge is 0.335 e. The molecular formula is C10H8F3N3O. The van der Waals surface area contributed by atoms with Crippen LogP contribution in [0.1, 0.15) is 5.82 Å². The van der Waals surface area contributed by atoms with Crippen molar-refractivity contribution in [3.05, 3.63) is 40.4 Å². The van der Waals surface area contributed by atoms with Crippen molar-refractivity contribution in [2.75, 3.05) is 5.84 Å². The lowest BCUT2D eigenvalue weighted by Crippen LogP contribution is -2.33. The van der Waals surface area contributed by atoms with Gasteiger partial charge in [-0.15, -0.1) is 0 Å². The lowest BCUT2D eigenvalue weighted by molar-refractivity contribution is -0.128. The number of hydrogen-bond acceptors (Lipinski definition) is 3. The molecule has 17 heavy (non-hydrogen) atoms. The predicted molar refractivity (Wildman–Crippen MR) is 55.9 cm³/mol. The average molecular weight is 243 g/mol. The molecule has 0 radical (unpaired) electrons. The van der Waals surface area contributed by atoms with Crippen molar-refractivity contribution in [1.29, 1.82) is 0 Å². The lowest BCUT2D eigenvalue weighted by atomic mass is 10.2. The van der Waals surface area contributed by atoms with Gasteiger partial charge in [-0.05, 0) is 12.1 Å². The SMILES string of the molecule is Nn1c(CC(F)(F)F)nc2ccccc2c1=O. The summed E-state index contributed by atoms with van der Waals surface area (Å²) < 4.78 is 37.2. The van der Waals surface area contributed by atoms with Crippen LogP contribution < -0.4 is 11.4 Å². The summed E-state index contributed by atoms with van der Waals surface area (Å²) in [7, 11) is 0. The van der Waals surface area contributed by atoms with E-state index in [9.17, 15) is 18.0 Å². The number of rotatable bonds is 1. The Balaban J connectivity index is 2.66. The third kappa shape index (κ3) is 2.22. The molecule has 4 nitrogen and oxygen atoms in total. The molecule has 7 heteroatoms. The van der Waals surface area contributed by atoms with Crippen molar-refractivity contribution in [2.45, 2.75) is 12.6 Å². The molecule has 0 atom stereocenters. The molecule has 0 aliphatic carbocycles. The van der Waals surface area contributed by atoms with Gasteiger partial charge in [-0.1, -0.05) is 12.1 Å². The molecule has 1 aromatic carbocycles. The summed E-state index contributed by atoms with van der Waals surface area (Å²) in [5, 5.41) is 0.195. The van der Waals surface area contributed by atoms with Crippen molar-refractivity contribution >= 4 is 10.9 Å². The number of benzene rings is 1. The molecule has 0 aliphatic heterocycles. The first kappa shape index (κ1) is 11.4. The van der Waals surface area contributed by atoms with E-state index in [2.05, 4.69) is 4.98 Å². The van der Waals surface area contributed by atoms with E-state index in [0.717, 1.165) is 0 Å². The Morgan fingerprint density at radius 3 is 2.59 bits per heavy atom. The quantitative estimate of drug-likeness (QED) is 0.766. The average Bonchev–Trinajstić information content (AvgIpc) is 2.24. The van der Waals surface area contributed by atoms with Gasteiger partial charge in [0, 0.05) is 0 Å². The Morgan fingerprint density at radius 1 is 1.29 bits per heavy atom. The third-order valence-corrected chi connectivity index (χ3v) is 2.24. The number of aromatic nitrogens is 2. The molecule has 2 aromatic rings. The Kier molecular flexibility index (Phi) is 2.53. The molecule has 0 saturated heterocycles. The minimum absolute atomic E-state index is 0.195. The van der Waals surface area contributed by atoms with Crippen LogP contribution in [-0.4, -0.2) is 15.8 Å². The predicted octanol–water partition coefficient (Wildman–Crippen LogP) is 1.22. The zero-order valence-electron chi connectivity index (χ0n) is 8.53. The van der Waals surface area contributed by atoms with Gasteiger partial charge < -0.3 is 5.84 Å². The van der Waals surface area contributed by atoms with Gasteiger partial charge in [0.15, 0.2) is 0 Å². The van der Waals surface area contributed by atoms with Gasteiger partial charge in [-0.3, -0.25) is 4.79 Å². The second kappa shape index (κ2) is 3.76. The summed E-state index contributed by atoms with van der Waals surface area (Å²) in [6.45, 7) is 0. The summed E-state index contributed by atoms with van der Waals surface area (Å²) in [4.78, 5) is 15.4. The van der Waals surface area contributed by atoms with Crippen molar-refractivity contribution in [3.63, 3.8) is 0 Å². The van der Waals surface area contributed by atoms with Crippen molar-refractivity contribution in [2.24, 2.45) is 0 Å². The molecule has 0 fully saturated rings. The van der Waals surface area contributed by atoms with Crippen molar-refractivity contribution in [3.8, 4) is 0 Å². The molecule has 0 amide bonds. The summed E-state index contributed by atoms with van der Waals surface area (Å²) in [6, 6.07) is 6.11. The van der Waals surface area contributed by atoms with Gasteiger partial charge in [0.2, 0.25) is 0 Å². The highest BCUT2D eigenvalue weighted by Crippen LogP contribution is 2.20. The summed E-state index contributed by atoms with van der Waals surface area (Å²) in [5.74, 6) is 4.80. The van der Waals surface area contributed by atoms with Crippen LogP contribution in [0, 0.1) is 0 Å². The van der Waals surface area contributed by atoms with Crippen molar-refractivity contribution in [1.82, 2.24) is 9.66 Å². The van der Waals surface area contributed by atoms with Gasteiger partial charge in [-0.2, -0.15) is 13.2 Å². The van der Waals surface area contributed by atoms with Crippen molar-refractivity contribution < 1.29 is 13.2 Å². The largest absolute Gasteiger partial charge is 0.396 e. The topological polar surface area (TPSA) is 60.9 Å². The molecule has 2 rings (SSSR count). The van der Waals surface area contributed by atoms with E-state index < -0.39 is 24.0 Å². The zero-order chi connectivity index (χ0) is 12.6. The number of nitrogens with two attached hydrogens (primary N) is 1. The Labute approximate surface area is 93.5 Å². The Hall–Kier alpha value is -2.05. The van der Waals surface area contributed by atoms with Crippen LogP contribution in [0.2, 0.25) is 0 Å². The number of para-hydroxylation sites is 1. The monoisotopic (exact) mass is 243 g/mol. The maximum absolute atomic E-state index is 12.2. The molecule has 1 heterocycles. The molecule has 0 bridgehead atoms. The number of halogens is 3. The molecule has 0 aliphatic rings. The number of nitrogens with zero attached hydrogens (tertiary/aromatic N) is 2. The van der Waals surface area contributed by atoms with Gasteiger partial charge in [0.25, 0.3) is 5.56 Å². The fraction of sp³-hybridized carbons (Fsp3) is 0.200. The van der Waals surface area contributed by atoms with E-state index in [1.165, 1.54) is 12.1 Å². The Bertz CT molecular complexity index is 618. The van der Waals surface area contributed by atoms with E-state index in [1.807, 2.05) is 0 Å². The number of nitrogen functional groups attached to an aromatic ring is 1. The fourth-order valence-corrected chi connectivity index (χ4v) is 1.50. The maximum atomic E-state index is 12.2. The van der Waals surface area contributed by atoms with E-state index in [0.29, 0.717) is 4.68 Å². The molecule has 0 saturated carbocycles. The minimum Gasteiger partial charge on any atom is -0.335 e. The molecule has 1 aromatic heterocycles. The molecule has 2 N–H and O–H groups in total. The highest BCUT2D eigenvalue weighted by molar-refractivity contribution is 5.77. The Morgan fingerprint density at radius 2 is 1.94 bits per heavy atom. The molecule has 90 valence electrons. The van der Waals surface area contributed by atoms with Crippen LogP contribution in [0.15, 0.2) is 29.1 Å². The molecule has 0 spiro atoms. The summed E-state index contributed by atoms with van der Waals surface area (Å²) >= 11 is 0.